The molecule has 1 saturated carbocycles. The maximum absolute atomic E-state index is 4.48. The first kappa shape index (κ1) is 13.9. The molecular formula is C17H24N2. The Labute approximate surface area is 117 Å². The fraction of sp³-hybridized carbons (Fsp3) is 0.588. The molecule has 0 saturated heterocycles. The molecule has 0 atom stereocenters. The van der Waals surface area contributed by atoms with Gasteiger partial charge in [0.1, 0.15) is 5.82 Å². The average molecular weight is 256 g/mol. The van der Waals surface area contributed by atoms with Crippen LogP contribution in [-0.2, 0) is 6.42 Å². The van der Waals surface area contributed by atoms with Gasteiger partial charge in [0.2, 0.25) is 0 Å². The van der Waals surface area contributed by atoms with E-state index in [1.54, 1.807) is 0 Å². The van der Waals surface area contributed by atoms with Crippen molar-refractivity contribution in [3.63, 3.8) is 0 Å². The second-order valence-corrected chi connectivity index (χ2v) is 5.50. The monoisotopic (exact) mass is 256 g/mol. The minimum atomic E-state index is 0.302. The highest BCUT2D eigenvalue weighted by atomic mass is 15.2. The minimum absolute atomic E-state index is 0.302. The lowest BCUT2D eigenvalue weighted by molar-refractivity contribution is 0.728. The van der Waals surface area contributed by atoms with Crippen LogP contribution >= 0.6 is 0 Å². The van der Waals surface area contributed by atoms with Crippen molar-refractivity contribution in [1.82, 2.24) is 4.98 Å². The number of hydrogen-bond acceptors (Lipinski definition) is 2. The lowest BCUT2D eigenvalue weighted by Crippen LogP contribution is -2.26. The van der Waals surface area contributed by atoms with Crippen LogP contribution in [0.4, 0.5) is 5.82 Å². The molecule has 3 rings (SSSR count). The van der Waals surface area contributed by atoms with E-state index in [0.29, 0.717) is 5.41 Å². The smallest absolute Gasteiger partial charge is 0.132 e. The molecule has 2 heteroatoms. The van der Waals surface area contributed by atoms with E-state index in [9.17, 15) is 0 Å². The Hall–Kier alpha value is -1.49. The number of nitrogens with zero attached hydrogens (tertiary/aromatic N) is 2. The zero-order valence-corrected chi connectivity index (χ0v) is 12.6. The molecule has 2 aliphatic rings. The molecule has 19 heavy (non-hydrogen) atoms. The first-order valence-corrected chi connectivity index (χ1v) is 7.40. The molecule has 0 spiro atoms. The van der Waals surface area contributed by atoms with Crippen molar-refractivity contribution in [2.24, 2.45) is 5.41 Å². The summed E-state index contributed by atoms with van der Waals surface area (Å²) < 4.78 is 0. The van der Waals surface area contributed by atoms with Crippen molar-refractivity contribution < 1.29 is 0 Å². The van der Waals surface area contributed by atoms with Crippen LogP contribution in [0, 0.1) is 17.3 Å². The molecular weight excluding hydrogens is 232 g/mol. The summed E-state index contributed by atoms with van der Waals surface area (Å²) in [4.78, 5) is 6.72. The van der Waals surface area contributed by atoms with Crippen molar-refractivity contribution in [3.05, 3.63) is 23.4 Å². The van der Waals surface area contributed by atoms with Crippen LogP contribution in [0.25, 0.3) is 0 Å². The van der Waals surface area contributed by atoms with Crippen LogP contribution in [0.1, 0.15) is 51.2 Å². The van der Waals surface area contributed by atoms with Crippen molar-refractivity contribution in [1.29, 1.82) is 0 Å². The Morgan fingerprint density at radius 1 is 1.32 bits per heavy atom. The van der Waals surface area contributed by atoms with Crippen molar-refractivity contribution in [2.75, 3.05) is 18.5 Å². The minimum Gasteiger partial charge on any atom is -0.359 e. The molecule has 0 radical (unpaired) electrons. The maximum Gasteiger partial charge on any atom is 0.132 e. The fourth-order valence-corrected chi connectivity index (χ4v) is 2.30. The van der Waals surface area contributed by atoms with Crippen LogP contribution in [0.5, 0.6) is 0 Å². The highest BCUT2D eigenvalue weighted by molar-refractivity contribution is 5.57. The summed E-state index contributed by atoms with van der Waals surface area (Å²) in [6, 6.07) is 2.07. The molecule has 0 aromatic carbocycles. The van der Waals surface area contributed by atoms with Crippen molar-refractivity contribution in [2.45, 2.75) is 46.5 Å². The Morgan fingerprint density at radius 2 is 2.05 bits per heavy atom. The molecule has 2 heterocycles. The molecule has 2 nitrogen and oxygen atoms in total. The van der Waals surface area contributed by atoms with E-state index in [1.165, 1.54) is 30.4 Å². The van der Waals surface area contributed by atoms with E-state index >= 15 is 0 Å². The van der Waals surface area contributed by atoms with Gasteiger partial charge in [-0.1, -0.05) is 25.7 Å². The van der Waals surface area contributed by atoms with Crippen LogP contribution < -0.4 is 4.90 Å². The van der Waals surface area contributed by atoms with Crippen LogP contribution in [0.2, 0.25) is 0 Å². The first-order chi connectivity index (χ1) is 9.18. The number of rotatable bonds is 0. The second kappa shape index (κ2) is 5.65. The summed E-state index contributed by atoms with van der Waals surface area (Å²) in [5.41, 5.74) is 2.84. The molecule has 0 bridgehead atoms. The fourth-order valence-electron chi connectivity index (χ4n) is 2.30. The van der Waals surface area contributed by atoms with Crippen molar-refractivity contribution >= 4 is 5.82 Å². The van der Waals surface area contributed by atoms with E-state index in [4.69, 9.17) is 0 Å². The molecule has 102 valence electrons. The first-order valence-electron chi connectivity index (χ1n) is 7.40. The third kappa shape index (κ3) is 3.10. The number of hydrogen-bond donors (Lipinski definition) is 0. The zero-order chi connectivity index (χ0) is 13.9. The summed E-state index contributed by atoms with van der Waals surface area (Å²) >= 11 is 0. The number of fused-ring (bicyclic) bond motifs is 1. The Balaban J connectivity index is 0.000000637. The van der Waals surface area contributed by atoms with E-state index in [1.807, 2.05) is 20.0 Å². The maximum atomic E-state index is 4.48. The quantitative estimate of drug-likeness (QED) is 0.659. The van der Waals surface area contributed by atoms with Gasteiger partial charge >= 0.3 is 0 Å². The second-order valence-electron chi connectivity index (χ2n) is 5.50. The molecule has 0 amide bonds. The molecule has 1 fully saturated rings. The largest absolute Gasteiger partial charge is 0.359 e. The lowest BCUT2D eigenvalue weighted by Gasteiger charge is -2.26. The molecule has 0 N–H and O–H groups in total. The van der Waals surface area contributed by atoms with Crippen LogP contribution in [0.15, 0.2) is 12.3 Å². The molecule has 1 aliphatic carbocycles. The summed E-state index contributed by atoms with van der Waals surface area (Å²) in [7, 11) is 2.12. The van der Waals surface area contributed by atoms with E-state index in [0.717, 1.165) is 18.8 Å². The van der Waals surface area contributed by atoms with Crippen molar-refractivity contribution in [3.8, 4) is 11.8 Å². The highest BCUT2D eigenvalue weighted by Crippen LogP contribution is 2.44. The predicted molar refractivity (Wildman–Crippen MR) is 81.4 cm³/mol. The summed E-state index contributed by atoms with van der Waals surface area (Å²) in [6.45, 7) is 7.36. The molecule has 0 unspecified atom stereocenters. The highest BCUT2D eigenvalue weighted by Gasteiger charge is 2.35. The van der Waals surface area contributed by atoms with E-state index in [2.05, 4.69) is 41.8 Å². The number of pyridine rings is 1. The number of anilines is 1. The van der Waals surface area contributed by atoms with Gasteiger partial charge in [0, 0.05) is 36.3 Å². The Morgan fingerprint density at radius 3 is 2.74 bits per heavy atom. The van der Waals surface area contributed by atoms with Gasteiger partial charge in [-0.25, -0.2) is 4.98 Å². The van der Waals surface area contributed by atoms with Gasteiger partial charge in [-0.15, -0.1) is 0 Å². The molecule has 1 aliphatic heterocycles. The predicted octanol–water partition coefficient (Wildman–Crippen LogP) is 3.64. The molecule has 1 aromatic heterocycles. The van der Waals surface area contributed by atoms with Gasteiger partial charge < -0.3 is 4.90 Å². The van der Waals surface area contributed by atoms with Gasteiger partial charge in [-0.2, -0.15) is 0 Å². The topological polar surface area (TPSA) is 16.1 Å². The third-order valence-corrected chi connectivity index (χ3v) is 3.81. The normalized spacial score (nSPS) is 18.4. The van der Waals surface area contributed by atoms with Gasteiger partial charge in [0.05, 0.1) is 0 Å². The number of aromatic nitrogens is 1. The van der Waals surface area contributed by atoms with Crippen LogP contribution in [0.3, 0.4) is 0 Å². The van der Waals surface area contributed by atoms with E-state index in [-0.39, 0.29) is 0 Å². The Bertz CT molecular complexity index is 504. The SMILES string of the molecule is CC.CN1CCCc2c(C#CC3(C)CC3)ccnc21. The lowest BCUT2D eigenvalue weighted by atomic mass is 10.00. The Kier molecular flexibility index (Phi) is 4.14. The zero-order valence-electron chi connectivity index (χ0n) is 12.6. The van der Waals surface area contributed by atoms with Gasteiger partial charge in [-0.3, -0.25) is 0 Å². The summed E-state index contributed by atoms with van der Waals surface area (Å²) in [6.07, 6.45) is 6.73. The van der Waals surface area contributed by atoms with Gasteiger partial charge in [0.25, 0.3) is 0 Å². The summed E-state index contributed by atoms with van der Waals surface area (Å²) in [5.74, 6) is 7.93. The van der Waals surface area contributed by atoms with Crippen LogP contribution in [-0.4, -0.2) is 18.6 Å². The van der Waals surface area contributed by atoms with Gasteiger partial charge in [-0.05, 0) is 38.7 Å². The summed E-state index contributed by atoms with van der Waals surface area (Å²) in [5, 5.41) is 0. The standard InChI is InChI=1S/C15H18N2.C2H6/c1-15(8-9-15)7-5-12-6-10-16-14-13(12)4-3-11-17(14)2;1-2/h6,10H,3-4,8-9,11H2,1-2H3;1-2H3. The average Bonchev–Trinajstić information content (AvgIpc) is 3.18. The van der Waals surface area contributed by atoms with Gasteiger partial charge in [0.15, 0.2) is 0 Å². The molecule has 1 aromatic rings. The van der Waals surface area contributed by atoms with E-state index < -0.39 is 0 Å². The third-order valence-electron chi connectivity index (χ3n) is 3.81.